The molecule has 4 nitrogen and oxygen atoms in total. The third-order valence-electron chi connectivity index (χ3n) is 3.33. The van der Waals surface area contributed by atoms with Gasteiger partial charge in [-0.3, -0.25) is 0 Å². The van der Waals surface area contributed by atoms with Gasteiger partial charge in [-0.25, -0.2) is 9.97 Å². The fourth-order valence-corrected chi connectivity index (χ4v) is 2.37. The molecule has 0 aromatic carbocycles. The van der Waals surface area contributed by atoms with Gasteiger partial charge in [0.15, 0.2) is 0 Å². The first-order valence-corrected chi connectivity index (χ1v) is 5.96. The molecule has 2 atom stereocenters. The monoisotopic (exact) mass is 220 g/mol. The molecule has 4 heteroatoms. The average molecular weight is 220 g/mol. The Bertz CT molecular complexity index is 353. The number of nitrogens with zero attached hydrogens (tertiary/aromatic N) is 3. The van der Waals surface area contributed by atoms with Crippen LogP contribution in [0.1, 0.15) is 25.5 Å². The number of rotatable bonds is 2. The Morgan fingerprint density at radius 2 is 2.31 bits per heavy atom. The lowest BCUT2D eigenvalue weighted by atomic mass is 9.92. The summed E-state index contributed by atoms with van der Waals surface area (Å²) >= 11 is 0. The lowest BCUT2D eigenvalue weighted by Crippen LogP contribution is -2.46. The van der Waals surface area contributed by atoms with Crippen LogP contribution in [0.5, 0.6) is 0 Å². The van der Waals surface area contributed by atoms with Crippen LogP contribution in [0.2, 0.25) is 0 Å². The van der Waals surface area contributed by atoms with Crippen LogP contribution >= 0.6 is 0 Å². The van der Waals surface area contributed by atoms with Crippen molar-refractivity contribution in [1.82, 2.24) is 9.97 Å². The Hall–Kier alpha value is -1.16. The predicted octanol–water partition coefficient (Wildman–Crippen LogP) is 1.35. The van der Waals surface area contributed by atoms with E-state index in [4.69, 9.17) is 5.73 Å². The maximum Gasteiger partial charge on any atom is 0.132 e. The lowest BCUT2D eigenvalue weighted by Gasteiger charge is -2.38. The van der Waals surface area contributed by atoms with Crippen LogP contribution in [0.3, 0.4) is 0 Å². The zero-order valence-corrected chi connectivity index (χ0v) is 10.1. The molecular weight excluding hydrogens is 200 g/mol. The van der Waals surface area contributed by atoms with Crippen LogP contribution in [0, 0.1) is 12.8 Å². The third kappa shape index (κ3) is 2.32. The Morgan fingerprint density at radius 3 is 3.00 bits per heavy atom. The van der Waals surface area contributed by atoms with Gasteiger partial charge in [-0.1, -0.05) is 6.92 Å². The van der Waals surface area contributed by atoms with Gasteiger partial charge in [-0.2, -0.15) is 0 Å². The first-order chi connectivity index (χ1) is 7.70. The van der Waals surface area contributed by atoms with Crippen molar-refractivity contribution < 1.29 is 0 Å². The molecule has 2 unspecified atom stereocenters. The molecule has 0 radical (unpaired) electrons. The zero-order valence-electron chi connectivity index (χ0n) is 10.1. The molecule has 88 valence electrons. The van der Waals surface area contributed by atoms with E-state index in [1.807, 2.05) is 13.0 Å². The highest BCUT2D eigenvalue weighted by Gasteiger charge is 2.26. The predicted molar refractivity (Wildman–Crippen MR) is 65.4 cm³/mol. The highest BCUT2D eigenvalue weighted by atomic mass is 15.2. The second-order valence-electron chi connectivity index (χ2n) is 4.73. The molecule has 16 heavy (non-hydrogen) atoms. The summed E-state index contributed by atoms with van der Waals surface area (Å²) in [6.45, 7) is 6.05. The molecule has 2 rings (SSSR count). The molecule has 0 aliphatic carbocycles. The first kappa shape index (κ1) is 11.3. The molecule has 0 saturated carbocycles. The summed E-state index contributed by atoms with van der Waals surface area (Å²) in [6.07, 6.45) is 4.02. The van der Waals surface area contributed by atoms with E-state index in [1.54, 1.807) is 6.33 Å². The number of hydrogen-bond donors (Lipinski definition) is 1. The summed E-state index contributed by atoms with van der Waals surface area (Å²) in [5.41, 5.74) is 6.86. The number of hydrogen-bond acceptors (Lipinski definition) is 4. The molecule has 1 aromatic heterocycles. The van der Waals surface area contributed by atoms with Gasteiger partial charge in [0.2, 0.25) is 0 Å². The molecule has 1 fully saturated rings. The molecule has 0 amide bonds. The minimum absolute atomic E-state index is 0.429. The van der Waals surface area contributed by atoms with E-state index < -0.39 is 0 Å². The van der Waals surface area contributed by atoms with Gasteiger partial charge in [0, 0.05) is 30.9 Å². The summed E-state index contributed by atoms with van der Waals surface area (Å²) in [5.74, 6) is 1.79. The lowest BCUT2D eigenvalue weighted by molar-refractivity contribution is 0.365. The van der Waals surface area contributed by atoms with Gasteiger partial charge in [0.1, 0.15) is 12.1 Å². The van der Waals surface area contributed by atoms with Crippen LogP contribution in [-0.2, 0) is 0 Å². The zero-order chi connectivity index (χ0) is 11.5. The number of nitrogens with two attached hydrogens (primary N) is 1. The van der Waals surface area contributed by atoms with Crippen LogP contribution in [0.4, 0.5) is 5.82 Å². The van der Waals surface area contributed by atoms with Crippen LogP contribution in [0.25, 0.3) is 0 Å². The van der Waals surface area contributed by atoms with E-state index in [1.165, 1.54) is 12.8 Å². The molecule has 1 aromatic rings. The second kappa shape index (κ2) is 4.78. The maximum atomic E-state index is 5.85. The molecule has 1 saturated heterocycles. The van der Waals surface area contributed by atoms with E-state index >= 15 is 0 Å². The highest BCUT2D eigenvalue weighted by molar-refractivity contribution is 5.40. The van der Waals surface area contributed by atoms with E-state index in [2.05, 4.69) is 21.8 Å². The van der Waals surface area contributed by atoms with Gasteiger partial charge in [-0.15, -0.1) is 0 Å². The van der Waals surface area contributed by atoms with Crippen molar-refractivity contribution in [1.29, 1.82) is 0 Å². The Labute approximate surface area is 96.9 Å². The highest BCUT2D eigenvalue weighted by Crippen LogP contribution is 2.26. The molecule has 1 aliphatic rings. The topological polar surface area (TPSA) is 55.0 Å². The standard InChI is InChI=1S/C12H20N4/c1-9-3-4-16(11(5-9)7-13)12-6-10(2)14-8-15-12/h6,8-9,11H,3-5,7,13H2,1-2H3. The van der Waals surface area contributed by atoms with E-state index in [0.29, 0.717) is 12.6 Å². The Morgan fingerprint density at radius 1 is 1.50 bits per heavy atom. The number of anilines is 1. The fourth-order valence-electron chi connectivity index (χ4n) is 2.37. The fraction of sp³-hybridized carbons (Fsp3) is 0.667. The van der Waals surface area contributed by atoms with Crippen molar-refractivity contribution in [2.24, 2.45) is 11.7 Å². The molecular formula is C12H20N4. The SMILES string of the molecule is Cc1cc(N2CCC(C)CC2CN)ncn1. The number of aromatic nitrogens is 2. The normalized spacial score (nSPS) is 25.8. The van der Waals surface area contributed by atoms with E-state index in [-0.39, 0.29) is 0 Å². The van der Waals surface area contributed by atoms with Gasteiger partial charge >= 0.3 is 0 Å². The number of aryl methyl sites for hydroxylation is 1. The second-order valence-corrected chi connectivity index (χ2v) is 4.73. The van der Waals surface area contributed by atoms with Gasteiger partial charge < -0.3 is 10.6 Å². The quantitative estimate of drug-likeness (QED) is 0.817. The first-order valence-electron chi connectivity index (χ1n) is 5.96. The summed E-state index contributed by atoms with van der Waals surface area (Å²) < 4.78 is 0. The van der Waals surface area contributed by atoms with Gasteiger partial charge in [0.25, 0.3) is 0 Å². The summed E-state index contributed by atoms with van der Waals surface area (Å²) in [7, 11) is 0. The Balaban J connectivity index is 2.19. The maximum absolute atomic E-state index is 5.85. The number of piperidine rings is 1. The van der Waals surface area contributed by atoms with E-state index in [0.717, 1.165) is 24.0 Å². The molecule has 2 N–H and O–H groups in total. The van der Waals surface area contributed by atoms with Crippen molar-refractivity contribution >= 4 is 5.82 Å². The van der Waals surface area contributed by atoms with Crippen molar-refractivity contribution in [2.75, 3.05) is 18.0 Å². The van der Waals surface area contributed by atoms with Crippen LogP contribution in [-0.4, -0.2) is 29.1 Å². The molecule has 1 aliphatic heterocycles. The minimum Gasteiger partial charge on any atom is -0.352 e. The summed E-state index contributed by atoms with van der Waals surface area (Å²) in [6, 6.07) is 2.47. The van der Waals surface area contributed by atoms with Crippen molar-refractivity contribution in [2.45, 2.75) is 32.7 Å². The molecule has 0 bridgehead atoms. The van der Waals surface area contributed by atoms with Crippen molar-refractivity contribution in [3.05, 3.63) is 18.1 Å². The van der Waals surface area contributed by atoms with Crippen molar-refractivity contribution in [3.8, 4) is 0 Å². The van der Waals surface area contributed by atoms with Crippen LogP contribution < -0.4 is 10.6 Å². The largest absolute Gasteiger partial charge is 0.352 e. The van der Waals surface area contributed by atoms with E-state index in [9.17, 15) is 0 Å². The average Bonchev–Trinajstić information content (AvgIpc) is 2.28. The van der Waals surface area contributed by atoms with Gasteiger partial charge in [-0.05, 0) is 25.7 Å². The molecule has 0 spiro atoms. The van der Waals surface area contributed by atoms with Gasteiger partial charge in [0.05, 0.1) is 0 Å². The van der Waals surface area contributed by atoms with Crippen molar-refractivity contribution in [3.63, 3.8) is 0 Å². The summed E-state index contributed by atoms with van der Waals surface area (Å²) in [5, 5.41) is 0. The minimum atomic E-state index is 0.429. The molecule has 2 heterocycles. The third-order valence-corrected chi connectivity index (χ3v) is 3.33. The van der Waals surface area contributed by atoms with Crippen LogP contribution in [0.15, 0.2) is 12.4 Å². The summed E-state index contributed by atoms with van der Waals surface area (Å²) in [4.78, 5) is 10.8. The Kier molecular flexibility index (Phi) is 3.39. The smallest absolute Gasteiger partial charge is 0.132 e.